The lowest BCUT2D eigenvalue weighted by Gasteiger charge is -2.29. The van der Waals surface area contributed by atoms with Crippen molar-refractivity contribution in [1.29, 1.82) is 0 Å². The number of rotatable bonds is 9. The Morgan fingerprint density at radius 2 is 1.75 bits per heavy atom. The molecule has 6 nitrogen and oxygen atoms in total. The van der Waals surface area contributed by atoms with Gasteiger partial charge in [-0.3, -0.25) is 4.79 Å². The van der Waals surface area contributed by atoms with Crippen LogP contribution in [0.5, 0.6) is 0 Å². The van der Waals surface area contributed by atoms with Crippen molar-refractivity contribution in [3.05, 3.63) is 53.9 Å². The predicted octanol–water partition coefficient (Wildman–Crippen LogP) is 4.97. The van der Waals surface area contributed by atoms with Gasteiger partial charge in [-0.1, -0.05) is 20.8 Å². The Kier molecular flexibility index (Phi) is 8.74. The maximum absolute atomic E-state index is 13.1. The first-order valence-electron chi connectivity index (χ1n) is 10.6. The van der Waals surface area contributed by atoms with Crippen molar-refractivity contribution < 1.29 is 22.8 Å². The van der Waals surface area contributed by atoms with Gasteiger partial charge in [0.15, 0.2) is 0 Å². The smallest absolute Gasteiger partial charge is 0.353 e. The van der Waals surface area contributed by atoms with E-state index in [1.165, 1.54) is 17.0 Å². The Bertz CT molecular complexity index is 891. The first kappa shape index (κ1) is 25.3. The van der Waals surface area contributed by atoms with Gasteiger partial charge < -0.3 is 19.7 Å². The number of hydrogen-bond donors (Lipinski definition) is 1. The topological polar surface area (TPSA) is 57.6 Å². The summed E-state index contributed by atoms with van der Waals surface area (Å²) in [5, 5.41) is 2.59. The third kappa shape index (κ3) is 7.32. The number of nitrogens with zero attached hydrogens (tertiary/aromatic N) is 3. The average Bonchev–Trinajstić information content (AvgIpc) is 3.11. The zero-order valence-corrected chi connectivity index (χ0v) is 18.9. The van der Waals surface area contributed by atoms with E-state index in [-0.39, 0.29) is 24.1 Å². The molecule has 0 spiro atoms. The molecule has 9 heteroatoms. The molecule has 2 aromatic rings. The molecule has 0 aliphatic rings. The largest absolute Gasteiger partial charge is 0.416 e. The number of carbonyl (C=O) groups is 2. The SMILES string of the molecule is CCCN(CC(=O)N(Cc1cccn1C)CC(C)C)C(=O)Nc1ccc(C(F)(F)F)cc1. The summed E-state index contributed by atoms with van der Waals surface area (Å²) in [4.78, 5) is 29.0. The van der Waals surface area contributed by atoms with Gasteiger partial charge in [-0.25, -0.2) is 4.79 Å². The van der Waals surface area contributed by atoms with E-state index in [2.05, 4.69) is 5.32 Å². The molecule has 0 aliphatic carbocycles. The number of nitrogens with one attached hydrogen (secondary N) is 1. The number of amides is 3. The highest BCUT2D eigenvalue weighted by Crippen LogP contribution is 2.29. The third-order valence-corrected chi connectivity index (χ3v) is 4.91. The minimum atomic E-state index is -4.44. The van der Waals surface area contributed by atoms with Gasteiger partial charge >= 0.3 is 12.2 Å². The standard InChI is InChI=1S/C23H31F3N4O2/c1-5-12-29(22(32)27-19-10-8-18(9-11-19)23(24,25)26)16-21(31)30(14-17(2)3)15-20-7-6-13-28(20)4/h6-11,13,17H,5,12,14-16H2,1-4H3,(H,27,32). The van der Waals surface area contributed by atoms with Gasteiger partial charge in [0.2, 0.25) is 5.91 Å². The molecular formula is C23H31F3N4O2. The maximum atomic E-state index is 13.1. The molecule has 0 atom stereocenters. The maximum Gasteiger partial charge on any atom is 0.416 e. The molecule has 1 heterocycles. The molecule has 0 bridgehead atoms. The third-order valence-electron chi connectivity index (χ3n) is 4.91. The first-order chi connectivity index (χ1) is 15.0. The molecule has 0 radical (unpaired) electrons. The van der Waals surface area contributed by atoms with Crippen molar-refractivity contribution in [1.82, 2.24) is 14.4 Å². The van der Waals surface area contributed by atoms with Gasteiger partial charge in [-0.2, -0.15) is 13.2 Å². The van der Waals surface area contributed by atoms with Crippen LogP contribution < -0.4 is 5.32 Å². The Balaban J connectivity index is 2.09. The molecule has 1 N–H and O–H groups in total. The van der Waals surface area contributed by atoms with Crippen molar-refractivity contribution in [3.63, 3.8) is 0 Å². The number of aromatic nitrogens is 1. The van der Waals surface area contributed by atoms with Gasteiger partial charge in [-0.05, 0) is 48.7 Å². The van der Waals surface area contributed by atoms with Crippen molar-refractivity contribution in [2.75, 3.05) is 25.0 Å². The van der Waals surface area contributed by atoms with Gasteiger partial charge in [0.25, 0.3) is 0 Å². The van der Waals surface area contributed by atoms with Crippen LogP contribution in [0.2, 0.25) is 0 Å². The fourth-order valence-corrected chi connectivity index (χ4v) is 3.28. The monoisotopic (exact) mass is 452 g/mol. The van der Waals surface area contributed by atoms with E-state index in [0.29, 0.717) is 26.1 Å². The lowest BCUT2D eigenvalue weighted by Crippen LogP contribution is -2.45. The predicted molar refractivity (Wildman–Crippen MR) is 118 cm³/mol. The van der Waals surface area contributed by atoms with Crippen LogP contribution >= 0.6 is 0 Å². The number of anilines is 1. The highest BCUT2D eigenvalue weighted by Gasteiger charge is 2.30. The summed E-state index contributed by atoms with van der Waals surface area (Å²) >= 11 is 0. The second-order valence-corrected chi connectivity index (χ2v) is 8.21. The minimum Gasteiger partial charge on any atom is -0.353 e. The number of aryl methyl sites for hydroxylation is 1. The van der Waals surface area contributed by atoms with Crippen LogP contribution in [0.3, 0.4) is 0 Å². The van der Waals surface area contributed by atoms with Crippen LogP contribution in [0, 0.1) is 5.92 Å². The molecule has 0 unspecified atom stereocenters. The normalized spacial score (nSPS) is 11.5. The molecule has 0 saturated carbocycles. The number of alkyl halides is 3. The van der Waals surface area contributed by atoms with Gasteiger partial charge in [-0.15, -0.1) is 0 Å². The number of urea groups is 1. The quantitative estimate of drug-likeness (QED) is 0.584. The van der Waals surface area contributed by atoms with Gasteiger partial charge in [0.05, 0.1) is 12.1 Å². The summed E-state index contributed by atoms with van der Waals surface area (Å²) in [5.74, 6) is 0.0655. The molecule has 1 aromatic heterocycles. The van der Waals surface area contributed by atoms with E-state index in [1.54, 1.807) is 4.90 Å². The van der Waals surface area contributed by atoms with E-state index < -0.39 is 17.8 Å². The van der Waals surface area contributed by atoms with E-state index in [1.807, 2.05) is 50.7 Å². The van der Waals surface area contributed by atoms with Crippen molar-refractivity contribution in [2.24, 2.45) is 13.0 Å². The summed E-state index contributed by atoms with van der Waals surface area (Å²) in [5.41, 5.74) is 0.427. The number of carbonyl (C=O) groups excluding carboxylic acids is 2. The van der Waals surface area contributed by atoms with E-state index in [9.17, 15) is 22.8 Å². The second kappa shape index (κ2) is 11.1. The van der Waals surface area contributed by atoms with Crippen LogP contribution in [-0.4, -0.2) is 45.9 Å². The summed E-state index contributed by atoms with van der Waals surface area (Å²) in [6.45, 7) is 7.14. The highest BCUT2D eigenvalue weighted by atomic mass is 19.4. The molecule has 2 rings (SSSR count). The molecule has 176 valence electrons. The van der Waals surface area contributed by atoms with Crippen LogP contribution in [0.1, 0.15) is 38.4 Å². The van der Waals surface area contributed by atoms with Crippen LogP contribution in [0.15, 0.2) is 42.6 Å². The van der Waals surface area contributed by atoms with E-state index in [0.717, 1.165) is 17.8 Å². The van der Waals surface area contributed by atoms with Crippen molar-refractivity contribution in [2.45, 2.75) is 39.9 Å². The van der Waals surface area contributed by atoms with Gasteiger partial charge in [0, 0.05) is 37.7 Å². The summed E-state index contributed by atoms with van der Waals surface area (Å²) in [6.07, 6.45) is -1.90. The van der Waals surface area contributed by atoms with Crippen LogP contribution in [0.4, 0.5) is 23.7 Å². The molecule has 32 heavy (non-hydrogen) atoms. The lowest BCUT2D eigenvalue weighted by atomic mass is 10.2. The number of halogens is 3. The Hall–Kier alpha value is -2.97. The first-order valence-corrected chi connectivity index (χ1v) is 10.6. The molecular weight excluding hydrogens is 421 g/mol. The fourth-order valence-electron chi connectivity index (χ4n) is 3.28. The zero-order chi connectivity index (χ0) is 23.9. The summed E-state index contributed by atoms with van der Waals surface area (Å²) < 4.78 is 40.2. The summed E-state index contributed by atoms with van der Waals surface area (Å²) in [6, 6.07) is 7.56. The van der Waals surface area contributed by atoms with E-state index in [4.69, 9.17) is 0 Å². The minimum absolute atomic E-state index is 0.114. The molecule has 1 aromatic carbocycles. The highest BCUT2D eigenvalue weighted by molar-refractivity contribution is 5.92. The lowest BCUT2D eigenvalue weighted by molar-refractivity contribution is -0.137. The Labute approximate surface area is 187 Å². The molecule has 3 amide bonds. The van der Waals surface area contributed by atoms with Crippen molar-refractivity contribution >= 4 is 17.6 Å². The number of hydrogen-bond acceptors (Lipinski definition) is 2. The zero-order valence-electron chi connectivity index (χ0n) is 18.9. The summed E-state index contributed by atoms with van der Waals surface area (Å²) in [7, 11) is 1.91. The second-order valence-electron chi connectivity index (χ2n) is 8.21. The van der Waals surface area contributed by atoms with Crippen LogP contribution in [0.25, 0.3) is 0 Å². The number of benzene rings is 1. The van der Waals surface area contributed by atoms with E-state index >= 15 is 0 Å². The van der Waals surface area contributed by atoms with Crippen LogP contribution in [-0.2, 0) is 24.6 Å². The molecule has 0 aliphatic heterocycles. The Morgan fingerprint density at radius 3 is 2.25 bits per heavy atom. The average molecular weight is 453 g/mol. The molecule has 0 fully saturated rings. The molecule has 0 saturated heterocycles. The fraction of sp³-hybridized carbons (Fsp3) is 0.478. The van der Waals surface area contributed by atoms with Crippen molar-refractivity contribution in [3.8, 4) is 0 Å². The Morgan fingerprint density at radius 1 is 1.09 bits per heavy atom. The van der Waals surface area contributed by atoms with Gasteiger partial charge in [0.1, 0.15) is 6.54 Å².